The van der Waals surface area contributed by atoms with Crippen LogP contribution in [0, 0.1) is 6.92 Å². The second-order valence-electron chi connectivity index (χ2n) is 3.82. The van der Waals surface area contributed by atoms with Crippen molar-refractivity contribution < 1.29 is 9.90 Å². The Morgan fingerprint density at radius 2 is 2.32 bits per heavy atom. The Bertz CT molecular complexity index is 582. The molecule has 0 amide bonds. The molecule has 0 radical (unpaired) electrons. The summed E-state index contributed by atoms with van der Waals surface area (Å²) >= 11 is 8.62. The zero-order valence-electron chi connectivity index (χ0n) is 10.2. The fourth-order valence-electron chi connectivity index (χ4n) is 1.56. The van der Waals surface area contributed by atoms with Gasteiger partial charge in [-0.1, -0.05) is 23.4 Å². The van der Waals surface area contributed by atoms with E-state index in [1.165, 1.54) is 16.6 Å². The third-order valence-electron chi connectivity index (χ3n) is 2.44. The highest BCUT2D eigenvalue weighted by Gasteiger charge is 2.11. The van der Waals surface area contributed by atoms with Crippen LogP contribution in [0.5, 0.6) is 0 Å². The number of carboxylic acids is 1. The molecule has 0 bridgehead atoms. The van der Waals surface area contributed by atoms with Crippen LogP contribution in [0.2, 0.25) is 4.34 Å². The molecule has 0 atom stereocenters. The van der Waals surface area contributed by atoms with E-state index in [0.717, 1.165) is 23.1 Å². The van der Waals surface area contributed by atoms with Gasteiger partial charge in [-0.2, -0.15) is 0 Å². The van der Waals surface area contributed by atoms with E-state index in [-0.39, 0.29) is 5.75 Å². The summed E-state index contributed by atoms with van der Waals surface area (Å²) in [4.78, 5) is 11.8. The van der Waals surface area contributed by atoms with E-state index in [4.69, 9.17) is 16.7 Å². The summed E-state index contributed by atoms with van der Waals surface area (Å²) in [6, 6.07) is 3.87. The van der Waals surface area contributed by atoms with Gasteiger partial charge in [-0.15, -0.1) is 21.5 Å². The highest BCUT2D eigenvalue weighted by molar-refractivity contribution is 7.99. The quantitative estimate of drug-likeness (QED) is 0.830. The number of hydrogen-bond acceptors (Lipinski definition) is 5. The minimum atomic E-state index is -0.859. The van der Waals surface area contributed by atoms with Gasteiger partial charge in [0.1, 0.15) is 5.82 Å². The van der Waals surface area contributed by atoms with Crippen molar-refractivity contribution in [1.29, 1.82) is 0 Å². The molecule has 1 N–H and O–H groups in total. The molecule has 0 aliphatic rings. The van der Waals surface area contributed by atoms with Crippen molar-refractivity contribution in [2.45, 2.75) is 25.0 Å². The van der Waals surface area contributed by atoms with Gasteiger partial charge in [-0.3, -0.25) is 4.79 Å². The van der Waals surface area contributed by atoms with Crippen LogP contribution >= 0.6 is 34.7 Å². The lowest BCUT2D eigenvalue weighted by Crippen LogP contribution is -2.06. The van der Waals surface area contributed by atoms with Crippen LogP contribution in [-0.4, -0.2) is 31.6 Å². The fraction of sp³-hybridized carbons (Fsp3) is 0.364. The van der Waals surface area contributed by atoms with E-state index in [1.54, 1.807) is 11.3 Å². The van der Waals surface area contributed by atoms with E-state index in [0.29, 0.717) is 5.16 Å². The van der Waals surface area contributed by atoms with Crippen molar-refractivity contribution in [3.8, 4) is 0 Å². The summed E-state index contributed by atoms with van der Waals surface area (Å²) in [5, 5.41) is 17.3. The summed E-state index contributed by atoms with van der Waals surface area (Å²) in [7, 11) is 0. The Morgan fingerprint density at radius 1 is 1.53 bits per heavy atom. The van der Waals surface area contributed by atoms with Crippen LogP contribution in [-0.2, 0) is 17.8 Å². The molecule has 5 nitrogen and oxygen atoms in total. The minimum absolute atomic E-state index is 0.0109. The molecule has 2 rings (SSSR count). The molecule has 0 saturated heterocycles. The van der Waals surface area contributed by atoms with Crippen LogP contribution in [0.1, 0.15) is 10.7 Å². The van der Waals surface area contributed by atoms with Gasteiger partial charge in [0.15, 0.2) is 5.16 Å². The van der Waals surface area contributed by atoms with E-state index in [2.05, 4.69) is 10.2 Å². The third kappa shape index (κ3) is 3.95. The average molecular weight is 318 g/mol. The van der Waals surface area contributed by atoms with E-state index in [9.17, 15) is 4.79 Å². The molecule has 8 heteroatoms. The van der Waals surface area contributed by atoms with Crippen molar-refractivity contribution in [1.82, 2.24) is 14.8 Å². The highest BCUT2D eigenvalue weighted by Crippen LogP contribution is 2.23. The maximum absolute atomic E-state index is 10.6. The molecule has 0 fully saturated rings. The van der Waals surface area contributed by atoms with Gasteiger partial charge in [0.2, 0.25) is 0 Å². The third-order valence-corrected chi connectivity index (χ3v) is 4.68. The molecule has 2 heterocycles. The topological polar surface area (TPSA) is 68.0 Å². The van der Waals surface area contributed by atoms with Gasteiger partial charge in [-0.25, -0.2) is 0 Å². The molecule has 2 aromatic rings. The molecule has 0 unspecified atom stereocenters. The van der Waals surface area contributed by atoms with Gasteiger partial charge in [0, 0.05) is 11.4 Å². The predicted molar refractivity (Wildman–Crippen MR) is 76.2 cm³/mol. The lowest BCUT2D eigenvalue weighted by atomic mass is 10.3. The molecule has 19 heavy (non-hydrogen) atoms. The second kappa shape index (κ2) is 6.40. The number of hydrogen-bond donors (Lipinski definition) is 1. The predicted octanol–water partition coefficient (Wildman–Crippen LogP) is 2.72. The number of thioether (sulfide) groups is 1. The van der Waals surface area contributed by atoms with Crippen LogP contribution in [0.3, 0.4) is 0 Å². The Balaban J connectivity index is 2.02. The normalized spacial score (nSPS) is 10.8. The summed E-state index contributed by atoms with van der Waals surface area (Å²) in [6.45, 7) is 2.58. The number of carbonyl (C=O) groups is 1. The number of aromatic nitrogens is 3. The number of aliphatic carboxylic acids is 1. The minimum Gasteiger partial charge on any atom is -0.481 e. The second-order valence-corrected chi connectivity index (χ2v) is 6.56. The molecule has 0 spiro atoms. The van der Waals surface area contributed by atoms with Crippen LogP contribution in [0.15, 0.2) is 17.3 Å². The van der Waals surface area contributed by atoms with Gasteiger partial charge >= 0.3 is 5.97 Å². The summed E-state index contributed by atoms with van der Waals surface area (Å²) in [5.74, 6) is -0.0824. The maximum Gasteiger partial charge on any atom is 0.313 e. The molecule has 2 aromatic heterocycles. The zero-order valence-corrected chi connectivity index (χ0v) is 12.6. The first-order valence-corrected chi connectivity index (χ1v) is 7.73. The largest absolute Gasteiger partial charge is 0.481 e. The SMILES string of the molecule is Cc1nnc(SCC(=O)O)n1CCc1ccc(Cl)s1. The van der Waals surface area contributed by atoms with E-state index < -0.39 is 5.97 Å². The summed E-state index contributed by atoms with van der Waals surface area (Å²) in [5.41, 5.74) is 0. The number of halogens is 1. The smallest absolute Gasteiger partial charge is 0.313 e. The van der Waals surface area contributed by atoms with Gasteiger partial charge < -0.3 is 9.67 Å². The lowest BCUT2D eigenvalue weighted by Gasteiger charge is -2.06. The first kappa shape index (κ1) is 14.4. The molecular formula is C11H12ClN3O2S2. The first-order valence-electron chi connectivity index (χ1n) is 5.55. The standard InChI is InChI=1S/C11H12ClN3O2S2/c1-7-13-14-11(18-6-10(16)17)15(7)5-4-8-2-3-9(12)19-8/h2-3H,4-6H2,1H3,(H,16,17). The number of rotatable bonds is 6. The van der Waals surface area contributed by atoms with Crippen molar-refractivity contribution >= 4 is 40.7 Å². The zero-order chi connectivity index (χ0) is 13.8. The Morgan fingerprint density at radius 3 is 2.95 bits per heavy atom. The van der Waals surface area contributed by atoms with Crippen LogP contribution < -0.4 is 0 Å². The van der Waals surface area contributed by atoms with E-state index in [1.807, 2.05) is 23.6 Å². The van der Waals surface area contributed by atoms with Crippen LogP contribution in [0.4, 0.5) is 0 Å². The molecule has 0 aliphatic carbocycles. The molecular weight excluding hydrogens is 306 g/mol. The number of nitrogens with zero attached hydrogens (tertiary/aromatic N) is 3. The number of thiophene rings is 1. The van der Waals surface area contributed by atoms with Gasteiger partial charge in [0.05, 0.1) is 10.1 Å². The number of carboxylic acid groups (broad SMARTS) is 1. The molecule has 102 valence electrons. The molecule has 0 aliphatic heterocycles. The Hall–Kier alpha value is -1.05. The van der Waals surface area contributed by atoms with Crippen molar-refractivity contribution in [3.63, 3.8) is 0 Å². The maximum atomic E-state index is 10.6. The first-order chi connectivity index (χ1) is 9.06. The summed E-state index contributed by atoms with van der Waals surface area (Å²) < 4.78 is 2.71. The monoisotopic (exact) mass is 317 g/mol. The van der Waals surface area contributed by atoms with Crippen molar-refractivity contribution in [3.05, 3.63) is 27.2 Å². The van der Waals surface area contributed by atoms with Crippen LogP contribution in [0.25, 0.3) is 0 Å². The Kier molecular flexibility index (Phi) is 4.84. The lowest BCUT2D eigenvalue weighted by molar-refractivity contribution is -0.133. The fourth-order valence-corrected chi connectivity index (χ4v) is 3.37. The van der Waals surface area contributed by atoms with Gasteiger partial charge in [0.25, 0.3) is 0 Å². The molecule has 0 aromatic carbocycles. The van der Waals surface area contributed by atoms with Gasteiger partial charge in [-0.05, 0) is 25.5 Å². The van der Waals surface area contributed by atoms with Crippen molar-refractivity contribution in [2.75, 3.05) is 5.75 Å². The highest BCUT2D eigenvalue weighted by atomic mass is 35.5. The summed E-state index contributed by atoms with van der Waals surface area (Å²) in [6.07, 6.45) is 0.830. The Labute approximate surface area is 123 Å². The molecule has 0 saturated carbocycles. The average Bonchev–Trinajstić information content (AvgIpc) is 2.91. The van der Waals surface area contributed by atoms with Crippen molar-refractivity contribution in [2.24, 2.45) is 0 Å². The number of aryl methyl sites for hydroxylation is 2. The van der Waals surface area contributed by atoms with E-state index >= 15 is 0 Å².